The first-order chi connectivity index (χ1) is 12.2. The molecule has 6 heteroatoms. The van der Waals surface area contributed by atoms with E-state index < -0.39 is 0 Å². The highest BCUT2D eigenvalue weighted by Crippen LogP contribution is 2.24. The van der Waals surface area contributed by atoms with E-state index in [2.05, 4.69) is 16.5 Å². The van der Waals surface area contributed by atoms with Gasteiger partial charge in [0.05, 0.1) is 30.0 Å². The van der Waals surface area contributed by atoms with Crippen molar-refractivity contribution in [3.05, 3.63) is 52.8 Å². The van der Waals surface area contributed by atoms with E-state index in [1.165, 1.54) is 11.3 Å². The average molecular weight is 356 g/mol. The van der Waals surface area contributed by atoms with Crippen LogP contribution >= 0.6 is 11.3 Å². The van der Waals surface area contributed by atoms with Crippen LogP contribution in [0, 0.1) is 0 Å². The minimum Gasteiger partial charge on any atom is -0.497 e. The highest BCUT2D eigenvalue weighted by molar-refractivity contribution is 7.16. The Balaban J connectivity index is 2.14. The molecule has 25 heavy (non-hydrogen) atoms. The molecule has 0 bridgehead atoms. The molecule has 0 aliphatic heterocycles. The summed E-state index contributed by atoms with van der Waals surface area (Å²) in [6.45, 7) is 2.90. The quantitative estimate of drug-likeness (QED) is 0.697. The Kier molecular flexibility index (Phi) is 5.19. The molecule has 1 aromatic heterocycles. The Morgan fingerprint density at radius 2 is 1.96 bits per heavy atom. The second-order valence-corrected chi connectivity index (χ2v) is 6.50. The second kappa shape index (κ2) is 7.53. The number of carbonyl (C=O) groups excluding carboxylic acids is 1. The summed E-state index contributed by atoms with van der Waals surface area (Å²) in [5.74, 6) is 1.02. The molecule has 5 nitrogen and oxygen atoms in total. The molecule has 0 fully saturated rings. The standard InChI is InChI=1S/C19H20N2O3S/c1-4-11-21-15-10-9-13(23-2)12-17(15)25-19(21)20-18(22)14-7-5-6-8-16(14)24-3/h5-10,12H,4,11H2,1-3H3. The molecule has 3 aromatic rings. The Labute approximate surface area is 150 Å². The van der Waals surface area contributed by atoms with E-state index in [-0.39, 0.29) is 5.91 Å². The summed E-state index contributed by atoms with van der Waals surface area (Å²) < 4.78 is 13.7. The first kappa shape index (κ1) is 17.2. The third-order valence-corrected chi connectivity index (χ3v) is 4.91. The summed E-state index contributed by atoms with van der Waals surface area (Å²) in [6.07, 6.45) is 0.952. The predicted octanol–water partition coefficient (Wildman–Crippen LogP) is 3.87. The number of rotatable bonds is 5. The Morgan fingerprint density at radius 3 is 2.68 bits per heavy atom. The number of aryl methyl sites for hydroxylation is 1. The minimum atomic E-state index is -0.305. The molecule has 0 aliphatic carbocycles. The van der Waals surface area contributed by atoms with Crippen molar-refractivity contribution in [1.29, 1.82) is 0 Å². The highest BCUT2D eigenvalue weighted by Gasteiger charge is 2.13. The maximum atomic E-state index is 12.7. The monoisotopic (exact) mass is 356 g/mol. The third-order valence-electron chi connectivity index (χ3n) is 3.87. The summed E-state index contributed by atoms with van der Waals surface area (Å²) in [5, 5.41) is 0. The van der Waals surface area contributed by atoms with Gasteiger partial charge >= 0.3 is 0 Å². The second-order valence-electron chi connectivity index (χ2n) is 5.49. The van der Waals surface area contributed by atoms with Gasteiger partial charge in [0.15, 0.2) is 4.80 Å². The van der Waals surface area contributed by atoms with E-state index in [0.29, 0.717) is 16.1 Å². The Bertz CT molecular complexity index is 972. The number of hydrogen-bond donors (Lipinski definition) is 0. The van der Waals surface area contributed by atoms with E-state index in [1.807, 2.05) is 24.3 Å². The van der Waals surface area contributed by atoms with E-state index in [9.17, 15) is 4.79 Å². The van der Waals surface area contributed by atoms with Crippen LogP contribution in [0.5, 0.6) is 11.5 Å². The molecular weight excluding hydrogens is 336 g/mol. The molecule has 1 heterocycles. The molecule has 0 saturated carbocycles. The molecular formula is C19H20N2O3S. The maximum Gasteiger partial charge on any atom is 0.283 e. The number of benzene rings is 2. The van der Waals surface area contributed by atoms with Gasteiger partial charge in [-0.25, -0.2) is 0 Å². The Hall–Kier alpha value is -2.60. The molecule has 0 spiro atoms. The molecule has 0 radical (unpaired) electrons. The summed E-state index contributed by atoms with van der Waals surface area (Å²) in [6, 6.07) is 13.0. The smallest absolute Gasteiger partial charge is 0.283 e. The number of thiazole rings is 1. The normalized spacial score (nSPS) is 11.7. The largest absolute Gasteiger partial charge is 0.497 e. The fourth-order valence-corrected chi connectivity index (χ4v) is 3.76. The topological polar surface area (TPSA) is 52.8 Å². The SMILES string of the molecule is CCCn1c(=NC(=O)c2ccccc2OC)sc2cc(OC)ccc21. The zero-order chi connectivity index (χ0) is 17.8. The lowest BCUT2D eigenvalue weighted by molar-refractivity contribution is 0.0995. The summed E-state index contributed by atoms with van der Waals surface area (Å²) in [7, 11) is 3.19. The number of fused-ring (bicyclic) bond motifs is 1. The number of methoxy groups -OCH3 is 2. The molecule has 0 unspecified atom stereocenters. The van der Waals surface area contributed by atoms with Crippen molar-refractivity contribution < 1.29 is 14.3 Å². The first-order valence-electron chi connectivity index (χ1n) is 8.07. The number of amides is 1. The highest BCUT2D eigenvalue weighted by atomic mass is 32.1. The lowest BCUT2D eigenvalue weighted by Crippen LogP contribution is -2.17. The maximum absolute atomic E-state index is 12.7. The van der Waals surface area contributed by atoms with E-state index in [1.54, 1.807) is 32.4 Å². The lowest BCUT2D eigenvalue weighted by atomic mass is 10.2. The van der Waals surface area contributed by atoms with E-state index in [4.69, 9.17) is 9.47 Å². The summed E-state index contributed by atoms with van der Waals surface area (Å²) in [5.41, 5.74) is 1.52. The van der Waals surface area contributed by atoms with Crippen molar-refractivity contribution in [1.82, 2.24) is 4.57 Å². The average Bonchev–Trinajstić information content (AvgIpc) is 2.98. The van der Waals surface area contributed by atoms with Gasteiger partial charge in [0.1, 0.15) is 11.5 Å². The van der Waals surface area contributed by atoms with Gasteiger partial charge in [0, 0.05) is 6.54 Å². The van der Waals surface area contributed by atoms with Crippen molar-refractivity contribution in [3.63, 3.8) is 0 Å². The summed E-state index contributed by atoms with van der Waals surface area (Å²) in [4.78, 5) is 17.7. The first-order valence-corrected chi connectivity index (χ1v) is 8.89. The fraction of sp³-hybridized carbons (Fsp3) is 0.263. The van der Waals surface area contributed by atoms with Crippen molar-refractivity contribution >= 4 is 27.5 Å². The zero-order valence-corrected chi connectivity index (χ0v) is 15.3. The fourth-order valence-electron chi connectivity index (χ4n) is 2.67. The Morgan fingerprint density at radius 1 is 1.16 bits per heavy atom. The van der Waals surface area contributed by atoms with Crippen LogP contribution in [0.15, 0.2) is 47.5 Å². The van der Waals surface area contributed by atoms with Gasteiger partial charge in [-0.3, -0.25) is 4.79 Å². The van der Waals surface area contributed by atoms with Crippen LogP contribution in [0.3, 0.4) is 0 Å². The van der Waals surface area contributed by atoms with Crippen LogP contribution in [-0.2, 0) is 6.54 Å². The molecule has 0 N–H and O–H groups in total. The van der Waals surface area contributed by atoms with Crippen LogP contribution in [0.4, 0.5) is 0 Å². The van der Waals surface area contributed by atoms with Crippen molar-refractivity contribution in [3.8, 4) is 11.5 Å². The molecule has 0 aliphatic rings. The van der Waals surface area contributed by atoms with Crippen LogP contribution < -0.4 is 14.3 Å². The number of ether oxygens (including phenoxy) is 2. The van der Waals surface area contributed by atoms with Crippen LogP contribution in [0.2, 0.25) is 0 Å². The summed E-state index contributed by atoms with van der Waals surface area (Å²) >= 11 is 1.48. The van der Waals surface area contributed by atoms with E-state index >= 15 is 0 Å². The zero-order valence-electron chi connectivity index (χ0n) is 14.5. The predicted molar refractivity (Wildman–Crippen MR) is 99.5 cm³/mol. The van der Waals surface area contributed by atoms with Gasteiger partial charge in [0.25, 0.3) is 5.91 Å². The number of carbonyl (C=O) groups is 1. The van der Waals surface area contributed by atoms with Gasteiger partial charge in [0.2, 0.25) is 0 Å². The van der Waals surface area contributed by atoms with Crippen LogP contribution in [0.1, 0.15) is 23.7 Å². The van der Waals surface area contributed by atoms with Crippen LogP contribution in [-0.4, -0.2) is 24.7 Å². The van der Waals surface area contributed by atoms with Crippen LogP contribution in [0.25, 0.3) is 10.2 Å². The minimum absolute atomic E-state index is 0.305. The van der Waals surface area contributed by atoms with Crippen molar-refractivity contribution in [2.45, 2.75) is 19.9 Å². The van der Waals surface area contributed by atoms with Gasteiger partial charge in [-0.2, -0.15) is 4.99 Å². The third kappa shape index (κ3) is 3.44. The number of para-hydroxylation sites is 1. The molecule has 0 saturated heterocycles. The molecule has 3 rings (SSSR count). The molecule has 1 amide bonds. The van der Waals surface area contributed by atoms with E-state index in [0.717, 1.165) is 28.9 Å². The van der Waals surface area contributed by atoms with Gasteiger partial charge in [-0.1, -0.05) is 30.4 Å². The number of hydrogen-bond acceptors (Lipinski definition) is 4. The molecule has 130 valence electrons. The number of aromatic nitrogens is 1. The lowest BCUT2D eigenvalue weighted by Gasteiger charge is -2.05. The van der Waals surface area contributed by atoms with Gasteiger partial charge in [-0.05, 0) is 36.8 Å². The molecule has 2 aromatic carbocycles. The molecule has 0 atom stereocenters. The van der Waals surface area contributed by atoms with Gasteiger partial charge in [-0.15, -0.1) is 0 Å². The number of nitrogens with zero attached hydrogens (tertiary/aromatic N) is 2. The van der Waals surface area contributed by atoms with Crippen molar-refractivity contribution in [2.75, 3.05) is 14.2 Å². The van der Waals surface area contributed by atoms with Crippen molar-refractivity contribution in [2.24, 2.45) is 4.99 Å². The van der Waals surface area contributed by atoms with Gasteiger partial charge < -0.3 is 14.0 Å².